The van der Waals surface area contributed by atoms with Gasteiger partial charge in [0.15, 0.2) is 11.5 Å². The van der Waals surface area contributed by atoms with Crippen LogP contribution in [-0.2, 0) is 12.8 Å². The van der Waals surface area contributed by atoms with Crippen molar-refractivity contribution < 1.29 is 14.6 Å². The Bertz CT molecular complexity index is 764. The van der Waals surface area contributed by atoms with Crippen LogP contribution < -0.4 is 10.2 Å². The third-order valence-electron chi connectivity index (χ3n) is 3.62. The Morgan fingerprint density at radius 2 is 2.26 bits per heavy atom. The van der Waals surface area contributed by atoms with Crippen LogP contribution in [0.5, 0.6) is 11.5 Å². The molecule has 7 heteroatoms. The average molecular weight is 351 g/mol. The molecular formula is C16H15ClN2O3S. The minimum atomic E-state index is -0.225. The van der Waals surface area contributed by atoms with E-state index in [4.69, 9.17) is 16.3 Å². The van der Waals surface area contributed by atoms with Crippen LogP contribution >= 0.6 is 22.9 Å². The number of hydrazone groups is 1. The molecule has 23 heavy (non-hydrogen) atoms. The molecule has 2 N–H and O–H groups in total. The molecule has 1 aromatic carbocycles. The SMILES string of the molecule is COc1cc(/C=N/NC(=O)c2cc3c(s2)CCC3)cc(Cl)c1O. The molecule has 3 rings (SSSR count). The first kappa shape index (κ1) is 15.8. The zero-order valence-electron chi connectivity index (χ0n) is 12.4. The number of nitrogens with one attached hydrogen (secondary N) is 1. The molecule has 1 aliphatic carbocycles. The molecule has 0 fully saturated rings. The Hall–Kier alpha value is -2.05. The smallest absolute Gasteiger partial charge is 0.281 e. The van der Waals surface area contributed by atoms with Crippen LogP contribution in [0, 0.1) is 0 Å². The van der Waals surface area contributed by atoms with Crippen molar-refractivity contribution in [3.63, 3.8) is 0 Å². The molecule has 1 aliphatic rings. The van der Waals surface area contributed by atoms with E-state index in [1.165, 1.54) is 47.6 Å². The second-order valence-corrected chi connectivity index (χ2v) is 6.71. The van der Waals surface area contributed by atoms with Gasteiger partial charge in [-0.2, -0.15) is 5.10 Å². The van der Waals surface area contributed by atoms with Crippen molar-refractivity contribution in [2.24, 2.45) is 5.10 Å². The number of thiophene rings is 1. The number of fused-ring (bicyclic) bond motifs is 1. The van der Waals surface area contributed by atoms with Crippen LogP contribution in [0.2, 0.25) is 5.02 Å². The summed E-state index contributed by atoms with van der Waals surface area (Å²) in [5, 5.41) is 13.8. The number of rotatable bonds is 4. The van der Waals surface area contributed by atoms with Gasteiger partial charge in [-0.1, -0.05) is 11.6 Å². The molecule has 1 amide bonds. The van der Waals surface area contributed by atoms with Gasteiger partial charge in [0.1, 0.15) is 0 Å². The van der Waals surface area contributed by atoms with Crippen LogP contribution in [-0.4, -0.2) is 24.3 Å². The predicted octanol–water partition coefficient (Wildman–Crippen LogP) is 3.37. The fraction of sp³-hybridized carbons (Fsp3) is 0.250. The number of phenolic OH excluding ortho intramolecular Hbond substituents is 1. The van der Waals surface area contributed by atoms with Crippen molar-refractivity contribution in [3.8, 4) is 11.5 Å². The predicted molar refractivity (Wildman–Crippen MR) is 91.1 cm³/mol. The van der Waals surface area contributed by atoms with Crippen LogP contribution in [0.25, 0.3) is 0 Å². The molecule has 0 radical (unpaired) electrons. The largest absolute Gasteiger partial charge is 0.503 e. The van der Waals surface area contributed by atoms with E-state index in [0.29, 0.717) is 10.4 Å². The Balaban J connectivity index is 1.68. The van der Waals surface area contributed by atoms with Gasteiger partial charge in [-0.25, -0.2) is 5.43 Å². The fourth-order valence-corrected chi connectivity index (χ4v) is 3.85. The number of benzene rings is 1. The number of nitrogens with zero attached hydrogens (tertiary/aromatic N) is 1. The molecule has 1 heterocycles. The lowest BCUT2D eigenvalue weighted by molar-refractivity contribution is 0.0959. The molecule has 1 aromatic heterocycles. The van der Waals surface area contributed by atoms with Crippen LogP contribution in [0.15, 0.2) is 23.3 Å². The van der Waals surface area contributed by atoms with Gasteiger partial charge < -0.3 is 9.84 Å². The second-order valence-electron chi connectivity index (χ2n) is 5.17. The van der Waals surface area contributed by atoms with Gasteiger partial charge in [0.2, 0.25) is 0 Å². The number of hydrogen-bond acceptors (Lipinski definition) is 5. The van der Waals surface area contributed by atoms with E-state index in [1.54, 1.807) is 6.07 Å². The van der Waals surface area contributed by atoms with Crippen LogP contribution in [0.1, 0.15) is 32.1 Å². The van der Waals surface area contributed by atoms with Gasteiger partial charge in [-0.3, -0.25) is 4.79 Å². The first-order chi connectivity index (χ1) is 11.1. The van der Waals surface area contributed by atoms with Crippen molar-refractivity contribution in [3.05, 3.63) is 44.1 Å². The number of carbonyl (C=O) groups excluding carboxylic acids is 1. The number of carbonyl (C=O) groups is 1. The standard InChI is InChI=1S/C16H15ClN2O3S/c1-22-12-6-9(5-11(17)15(12)20)8-18-19-16(21)14-7-10-3-2-4-13(10)23-14/h5-8,20H,2-4H2,1H3,(H,19,21)/b18-8+. The van der Waals surface area contributed by atoms with E-state index in [2.05, 4.69) is 10.5 Å². The van der Waals surface area contributed by atoms with Gasteiger partial charge in [0.25, 0.3) is 5.91 Å². The zero-order chi connectivity index (χ0) is 16.4. The number of amides is 1. The Morgan fingerprint density at radius 3 is 3.00 bits per heavy atom. The maximum Gasteiger partial charge on any atom is 0.281 e. The molecular weight excluding hydrogens is 336 g/mol. The molecule has 0 atom stereocenters. The summed E-state index contributed by atoms with van der Waals surface area (Å²) >= 11 is 7.43. The zero-order valence-corrected chi connectivity index (χ0v) is 14.0. The average Bonchev–Trinajstić information content (AvgIpc) is 3.12. The highest BCUT2D eigenvalue weighted by atomic mass is 35.5. The first-order valence-corrected chi connectivity index (χ1v) is 8.29. The number of aryl methyl sites for hydroxylation is 2. The number of aromatic hydroxyl groups is 1. The van der Waals surface area contributed by atoms with E-state index in [9.17, 15) is 9.90 Å². The van der Waals surface area contributed by atoms with E-state index in [0.717, 1.165) is 12.8 Å². The van der Waals surface area contributed by atoms with E-state index in [1.807, 2.05) is 6.07 Å². The summed E-state index contributed by atoms with van der Waals surface area (Å²) in [5.41, 5.74) is 4.39. The molecule has 0 aliphatic heterocycles. The van der Waals surface area contributed by atoms with Crippen LogP contribution in [0.3, 0.4) is 0 Å². The number of ether oxygens (including phenoxy) is 1. The number of methoxy groups -OCH3 is 1. The van der Waals surface area contributed by atoms with Crippen molar-refractivity contribution in [2.45, 2.75) is 19.3 Å². The van der Waals surface area contributed by atoms with Gasteiger partial charge >= 0.3 is 0 Å². The lowest BCUT2D eigenvalue weighted by atomic mass is 10.2. The summed E-state index contributed by atoms with van der Waals surface area (Å²) in [6.07, 6.45) is 4.73. The topological polar surface area (TPSA) is 70.9 Å². The minimum Gasteiger partial charge on any atom is -0.503 e. The quantitative estimate of drug-likeness (QED) is 0.656. The molecule has 0 saturated heterocycles. The van der Waals surface area contributed by atoms with Crippen molar-refractivity contribution in [1.29, 1.82) is 0 Å². The summed E-state index contributed by atoms with van der Waals surface area (Å²) in [7, 11) is 1.43. The highest BCUT2D eigenvalue weighted by Crippen LogP contribution is 2.34. The number of hydrogen-bond donors (Lipinski definition) is 2. The Labute approximate surface area is 142 Å². The summed E-state index contributed by atoms with van der Waals surface area (Å²) in [6, 6.07) is 5.06. The number of phenols is 1. The molecule has 0 bridgehead atoms. The highest BCUT2D eigenvalue weighted by molar-refractivity contribution is 7.14. The van der Waals surface area contributed by atoms with Crippen molar-refractivity contribution in [1.82, 2.24) is 5.43 Å². The van der Waals surface area contributed by atoms with E-state index in [-0.39, 0.29) is 22.4 Å². The minimum absolute atomic E-state index is 0.122. The second kappa shape index (κ2) is 6.60. The van der Waals surface area contributed by atoms with Crippen molar-refractivity contribution in [2.75, 3.05) is 7.11 Å². The molecule has 2 aromatic rings. The Morgan fingerprint density at radius 1 is 1.43 bits per heavy atom. The summed E-state index contributed by atoms with van der Waals surface area (Å²) in [6.45, 7) is 0. The third-order valence-corrected chi connectivity index (χ3v) is 5.14. The highest BCUT2D eigenvalue weighted by Gasteiger charge is 2.18. The van der Waals surface area contributed by atoms with Gasteiger partial charge in [-0.05, 0) is 48.6 Å². The molecule has 0 saturated carbocycles. The first-order valence-electron chi connectivity index (χ1n) is 7.10. The van der Waals surface area contributed by atoms with Gasteiger partial charge in [-0.15, -0.1) is 11.3 Å². The maximum absolute atomic E-state index is 12.1. The summed E-state index contributed by atoms with van der Waals surface area (Å²) in [4.78, 5) is 14.1. The maximum atomic E-state index is 12.1. The summed E-state index contributed by atoms with van der Waals surface area (Å²) in [5.74, 6) is -0.0964. The summed E-state index contributed by atoms with van der Waals surface area (Å²) < 4.78 is 5.02. The van der Waals surface area contributed by atoms with Crippen molar-refractivity contribution >= 4 is 35.1 Å². The molecule has 0 unspecified atom stereocenters. The molecule has 0 spiro atoms. The third kappa shape index (κ3) is 3.33. The number of halogens is 1. The lowest BCUT2D eigenvalue weighted by Gasteiger charge is -2.05. The monoisotopic (exact) mass is 350 g/mol. The van der Waals surface area contributed by atoms with Gasteiger partial charge in [0.05, 0.1) is 23.2 Å². The Kier molecular flexibility index (Phi) is 4.54. The molecule has 5 nitrogen and oxygen atoms in total. The normalized spacial score (nSPS) is 13.3. The van der Waals surface area contributed by atoms with Crippen LogP contribution in [0.4, 0.5) is 0 Å². The van der Waals surface area contributed by atoms with E-state index < -0.39 is 0 Å². The molecule has 120 valence electrons. The van der Waals surface area contributed by atoms with E-state index >= 15 is 0 Å². The fourth-order valence-electron chi connectivity index (χ4n) is 2.49. The lowest BCUT2D eigenvalue weighted by Crippen LogP contribution is -2.16. The van der Waals surface area contributed by atoms with Gasteiger partial charge in [0, 0.05) is 4.88 Å².